The van der Waals surface area contributed by atoms with Gasteiger partial charge in [-0.15, -0.1) is 0 Å². The van der Waals surface area contributed by atoms with Crippen LogP contribution in [0.4, 0.5) is 0 Å². The van der Waals surface area contributed by atoms with E-state index >= 15 is 0 Å². The zero-order chi connectivity index (χ0) is 14.3. The molecule has 0 heterocycles. The Balaban J connectivity index is 2.33. The molecule has 0 aromatic rings. The summed E-state index contributed by atoms with van der Waals surface area (Å²) in [5.41, 5.74) is 0. The average molecular weight is 292 g/mol. The topological polar surface area (TPSA) is 69.6 Å². The monoisotopic (exact) mass is 292 g/mol. The van der Waals surface area contributed by atoms with Crippen LogP contribution in [0, 0.1) is 5.92 Å². The van der Waals surface area contributed by atoms with E-state index in [9.17, 15) is 8.42 Å². The summed E-state index contributed by atoms with van der Waals surface area (Å²) < 4.78 is 28.4. The molecule has 1 aliphatic carbocycles. The Bertz CT molecular complexity index is 340. The normalized spacial score (nSPS) is 19.8. The lowest BCUT2D eigenvalue weighted by Crippen LogP contribution is -2.45. The van der Waals surface area contributed by atoms with Gasteiger partial charge < -0.3 is 5.11 Å². The number of aliphatic hydroxyl groups is 1. The van der Waals surface area contributed by atoms with Crippen molar-refractivity contribution < 1.29 is 13.5 Å². The first-order chi connectivity index (χ1) is 8.97. The van der Waals surface area contributed by atoms with Crippen molar-refractivity contribution in [3.8, 4) is 0 Å². The van der Waals surface area contributed by atoms with Gasteiger partial charge in [0, 0.05) is 26.2 Å². The predicted octanol–water partition coefficient (Wildman–Crippen LogP) is 1.49. The summed E-state index contributed by atoms with van der Waals surface area (Å²) in [6, 6.07) is 0.155. The number of nitrogens with one attached hydrogen (secondary N) is 1. The van der Waals surface area contributed by atoms with Crippen LogP contribution in [0.25, 0.3) is 0 Å². The first-order valence-corrected chi connectivity index (χ1v) is 8.75. The first kappa shape index (κ1) is 16.9. The third-order valence-electron chi connectivity index (χ3n) is 3.94. The second kappa shape index (κ2) is 8.19. The van der Waals surface area contributed by atoms with E-state index in [1.54, 1.807) is 7.05 Å². The van der Waals surface area contributed by atoms with Gasteiger partial charge >= 0.3 is 0 Å². The van der Waals surface area contributed by atoms with Gasteiger partial charge in [0.05, 0.1) is 0 Å². The van der Waals surface area contributed by atoms with Crippen LogP contribution >= 0.6 is 0 Å². The molecule has 0 aromatic heterocycles. The Morgan fingerprint density at radius 2 is 1.95 bits per heavy atom. The molecular weight excluding hydrogens is 264 g/mol. The Labute approximate surface area is 117 Å². The Hall–Kier alpha value is -0.170. The van der Waals surface area contributed by atoms with Crippen molar-refractivity contribution in [1.82, 2.24) is 9.03 Å². The Morgan fingerprint density at radius 3 is 2.53 bits per heavy atom. The molecule has 1 saturated carbocycles. The van der Waals surface area contributed by atoms with Gasteiger partial charge in [0.25, 0.3) is 10.2 Å². The van der Waals surface area contributed by atoms with E-state index in [2.05, 4.69) is 4.72 Å². The SMILES string of the molecule is CC(CO)CCCNS(=O)(=O)N(C)C1CCCCC1. The maximum absolute atomic E-state index is 12.1. The molecule has 5 nitrogen and oxygen atoms in total. The fraction of sp³-hybridized carbons (Fsp3) is 1.00. The van der Waals surface area contributed by atoms with Gasteiger partial charge in [0.1, 0.15) is 0 Å². The smallest absolute Gasteiger partial charge is 0.279 e. The minimum Gasteiger partial charge on any atom is -0.396 e. The summed E-state index contributed by atoms with van der Waals surface area (Å²) in [6.45, 7) is 2.57. The summed E-state index contributed by atoms with van der Waals surface area (Å²) in [4.78, 5) is 0. The number of hydrogen-bond acceptors (Lipinski definition) is 3. The highest BCUT2D eigenvalue weighted by atomic mass is 32.2. The van der Waals surface area contributed by atoms with Gasteiger partial charge in [-0.3, -0.25) is 0 Å². The molecule has 2 N–H and O–H groups in total. The highest BCUT2D eigenvalue weighted by Gasteiger charge is 2.26. The molecule has 1 rings (SSSR count). The summed E-state index contributed by atoms with van der Waals surface area (Å²) in [7, 11) is -1.67. The summed E-state index contributed by atoms with van der Waals surface area (Å²) in [6.07, 6.45) is 7.01. The molecule has 1 unspecified atom stereocenters. The van der Waals surface area contributed by atoms with Crippen LogP contribution in [0.2, 0.25) is 0 Å². The third kappa shape index (κ3) is 5.77. The zero-order valence-electron chi connectivity index (χ0n) is 12.1. The van der Waals surface area contributed by atoms with E-state index < -0.39 is 10.2 Å². The lowest BCUT2D eigenvalue weighted by Gasteiger charge is -2.30. The van der Waals surface area contributed by atoms with Gasteiger partial charge in [-0.25, -0.2) is 4.72 Å². The molecular formula is C13H28N2O3S. The molecule has 19 heavy (non-hydrogen) atoms. The van der Waals surface area contributed by atoms with Gasteiger partial charge in [0.2, 0.25) is 0 Å². The van der Waals surface area contributed by atoms with E-state index in [4.69, 9.17) is 5.11 Å². The van der Waals surface area contributed by atoms with E-state index in [1.807, 2.05) is 6.92 Å². The van der Waals surface area contributed by atoms with Crippen LogP contribution in [-0.4, -0.2) is 44.1 Å². The summed E-state index contributed by atoms with van der Waals surface area (Å²) >= 11 is 0. The van der Waals surface area contributed by atoms with Crippen molar-refractivity contribution >= 4 is 10.2 Å². The maximum atomic E-state index is 12.1. The van der Waals surface area contributed by atoms with Crippen LogP contribution in [0.5, 0.6) is 0 Å². The molecule has 114 valence electrons. The van der Waals surface area contributed by atoms with Gasteiger partial charge in [-0.1, -0.05) is 26.2 Å². The van der Waals surface area contributed by atoms with Crippen LogP contribution in [0.3, 0.4) is 0 Å². The van der Waals surface area contributed by atoms with Gasteiger partial charge in [-0.05, 0) is 31.6 Å². The van der Waals surface area contributed by atoms with Crippen molar-refractivity contribution in [1.29, 1.82) is 0 Å². The van der Waals surface area contributed by atoms with Crippen molar-refractivity contribution in [3.05, 3.63) is 0 Å². The van der Waals surface area contributed by atoms with Crippen molar-refractivity contribution in [2.24, 2.45) is 5.92 Å². The highest BCUT2D eigenvalue weighted by molar-refractivity contribution is 7.87. The van der Waals surface area contributed by atoms with Crippen LogP contribution in [0.15, 0.2) is 0 Å². The lowest BCUT2D eigenvalue weighted by atomic mass is 9.96. The summed E-state index contributed by atoms with van der Waals surface area (Å²) in [5, 5.41) is 8.91. The van der Waals surface area contributed by atoms with Crippen LogP contribution in [0.1, 0.15) is 51.9 Å². The molecule has 0 aliphatic heterocycles. The van der Waals surface area contributed by atoms with Crippen molar-refractivity contribution in [2.45, 2.75) is 57.9 Å². The van der Waals surface area contributed by atoms with Gasteiger partial charge in [0.15, 0.2) is 0 Å². The second-order valence-electron chi connectivity index (χ2n) is 5.64. The van der Waals surface area contributed by atoms with Crippen LogP contribution < -0.4 is 4.72 Å². The van der Waals surface area contributed by atoms with Gasteiger partial charge in [-0.2, -0.15) is 12.7 Å². The molecule has 0 spiro atoms. The van der Waals surface area contributed by atoms with E-state index in [0.29, 0.717) is 6.54 Å². The van der Waals surface area contributed by atoms with Crippen LogP contribution in [-0.2, 0) is 10.2 Å². The standard InChI is InChI=1S/C13H28N2O3S/c1-12(11-16)7-6-10-14-19(17,18)15(2)13-8-4-3-5-9-13/h12-14,16H,3-11H2,1-2H3. The number of aliphatic hydroxyl groups excluding tert-OH is 1. The predicted molar refractivity (Wildman–Crippen MR) is 77.0 cm³/mol. The minimum atomic E-state index is -3.34. The number of hydrogen-bond donors (Lipinski definition) is 2. The molecule has 1 aliphatic rings. The largest absolute Gasteiger partial charge is 0.396 e. The number of rotatable bonds is 8. The lowest BCUT2D eigenvalue weighted by molar-refractivity contribution is 0.228. The minimum absolute atomic E-state index is 0.155. The fourth-order valence-electron chi connectivity index (χ4n) is 2.49. The molecule has 0 radical (unpaired) electrons. The molecule has 1 fully saturated rings. The maximum Gasteiger partial charge on any atom is 0.279 e. The highest BCUT2D eigenvalue weighted by Crippen LogP contribution is 2.22. The molecule has 0 aromatic carbocycles. The van der Waals surface area contributed by atoms with Crippen molar-refractivity contribution in [3.63, 3.8) is 0 Å². The van der Waals surface area contributed by atoms with E-state index in [-0.39, 0.29) is 18.6 Å². The van der Waals surface area contributed by atoms with E-state index in [0.717, 1.165) is 38.5 Å². The molecule has 6 heteroatoms. The Kier molecular flexibility index (Phi) is 7.28. The number of nitrogens with zero attached hydrogens (tertiary/aromatic N) is 1. The molecule has 0 bridgehead atoms. The van der Waals surface area contributed by atoms with Crippen molar-refractivity contribution in [2.75, 3.05) is 20.2 Å². The first-order valence-electron chi connectivity index (χ1n) is 7.31. The molecule has 0 amide bonds. The third-order valence-corrected chi connectivity index (χ3v) is 5.56. The average Bonchev–Trinajstić information content (AvgIpc) is 2.43. The fourth-order valence-corrected chi connectivity index (χ4v) is 3.69. The van der Waals surface area contributed by atoms with E-state index in [1.165, 1.54) is 10.7 Å². The molecule has 1 atom stereocenters. The zero-order valence-corrected chi connectivity index (χ0v) is 13.0. The molecule has 0 saturated heterocycles. The Morgan fingerprint density at radius 1 is 1.32 bits per heavy atom. The summed E-state index contributed by atoms with van der Waals surface area (Å²) in [5.74, 6) is 0.237. The quantitative estimate of drug-likeness (QED) is 0.666. The second-order valence-corrected chi connectivity index (χ2v) is 7.45.